The number of likely N-dealkylation sites (N-methyl/N-ethyl adjacent to an activating group) is 1. The van der Waals surface area contributed by atoms with Crippen molar-refractivity contribution in [3.8, 4) is 17.2 Å². The van der Waals surface area contributed by atoms with Gasteiger partial charge in [-0.1, -0.05) is 30.7 Å². The SMILES string of the molecule is CCN(CC(=O)Nc1cc(C)c(Cl)cc1OC)CC1COc2ccccc2O1. The standard InChI is InChI=1S/C21H25ClN2O4/c1-4-24(11-15-13-27-18-7-5-6-8-19(18)28-15)12-21(25)23-17-9-14(2)16(22)10-20(17)26-3/h5-10,15H,4,11-13H2,1-3H3,(H,23,25). The van der Waals surface area contributed by atoms with E-state index in [2.05, 4.69) is 5.32 Å². The summed E-state index contributed by atoms with van der Waals surface area (Å²) in [6.07, 6.45) is -0.130. The lowest BCUT2D eigenvalue weighted by molar-refractivity contribution is -0.117. The van der Waals surface area contributed by atoms with Crippen LogP contribution in [0, 0.1) is 6.92 Å². The smallest absolute Gasteiger partial charge is 0.238 e. The third-order valence-electron chi connectivity index (χ3n) is 4.60. The van der Waals surface area contributed by atoms with Crippen LogP contribution in [0.15, 0.2) is 36.4 Å². The third kappa shape index (κ3) is 4.88. The van der Waals surface area contributed by atoms with Crippen LogP contribution in [-0.2, 0) is 4.79 Å². The first-order valence-corrected chi connectivity index (χ1v) is 9.62. The first kappa shape index (κ1) is 20.3. The van der Waals surface area contributed by atoms with Crippen molar-refractivity contribution >= 4 is 23.2 Å². The van der Waals surface area contributed by atoms with Gasteiger partial charge < -0.3 is 19.5 Å². The second kappa shape index (κ2) is 9.17. The van der Waals surface area contributed by atoms with E-state index in [0.29, 0.717) is 36.2 Å². The Morgan fingerprint density at radius 1 is 1.32 bits per heavy atom. The minimum Gasteiger partial charge on any atom is -0.495 e. The zero-order valence-electron chi connectivity index (χ0n) is 16.3. The topological polar surface area (TPSA) is 60.0 Å². The Bertz CT molecular complexity index is 843. The van der Waals surface area contributed by atoms with Crippen molar-refractivity contribution in [1.82, 2.24) is 4.90 Å². The van der Waals surface area contributed by atoms with E-state index >= 15 is 0 Å². The van der Waals surface area contributed by atoms with Crippen molar-refractivity contribution in [3.63, 3.8) is 0 Å². The highest BCUT2D eigenvalue weighted by atomic mass is 35.5. The van der Waals surface area contributed by atoms with Crippen LogP contribution in [0.4, 0.5) is 5.69 Å². The molecule has 1 amide bonds. The molecule has 1 aliphatic heterocycles. The summed E-state index contributed by atoms with van der Waals surface area (Å²) in [7, 11) is 1.55. The lowest BCUT2D eigenvalue weighted by atomic mass is 10.2. The Balaban J connectivity index is 1.59. The summed E-state index contributed by atoms with van der Waals surface area (Å²) in [6, 6.07) is 11.1. The molecule has 6 nitrogen and oxygen atoms in total. The summed E-state index contributed by atoms with van der Waals surface area (Å²) in [6.45, 7) is 5.90. The number of nitrogens with zero attached hydrogens (tertiary/aromatic N) is 1. The highest BCUT2D eigenvalue weighted by Crippen LogP contribution is 2.32. The van der Waals surface area contributed by atoms with Crippen LogP contribution >= 0.6 is 11.6 Å². The minimum atomic E-state index is -0.130. The molecule has 7 heteroatoms. The maximum atomic E-state index is 12.6. The Labute approximate surface area is 170 Å². The number of amides is 1. The molecule has 1 unspecified atom stereocenters. The van der Waals surface area contributed by atoms with Crippen LogP contribution in [0.3, 0.4) is 0 Å². The summed E-state index contributed by atoms with van der Waals surface area (Å²) in [4.78, 5) is 14.6. The fourth-order valence-electron chi connectivity index (χ4n) is 3.07. The number of aryl methyl sites for hydroxylation is 1. The van der Waals surface area contributed by atoms with Gasteiger partial charge in [-0.15, -0.1) is 0 Å². The number of hydrogen-bond donors (Lipinski definition) is 1. The van der Waals surface area contributed by atoms with Crippen LogP contribution in [0.2, 0.25) is 5.02 Å². The van der Waals surface area contributed by atoms with Crippen LogP contribution in [0.1, 0.15) is 12.5 Å². The van der Waals surface area contributed by atoms with Gasteiger partial charge in [0, 0.05) is 17.6 Å². The molecule has 1 heterocycles. The molecule has 150 valence electrons. The molecule has 0 radical (unpaired) electrons. The second-order valence-electron chi connectivity index (χ2n) is 6.68. The molecular weight excluding hydrogens is 380 g/mol. The van der Waals surface area contributed by atoms with E-state index in [9.17, 15) is 4.79 Å². The first-order valence-electron chi connectivity index (χ1n) is 9.25. The number of fused-ring (bicyclic) bond motifs is 1. The van der Waals surface area contributed by atoms with E-state index in [-0.39, 0.29) is 18.6 Å². The third-order valence-corrected chi connectivity index (χ3v) is 5.01. The number of ether oxygens (including phenoxy) is 3. The van der Waals surface area contributed by atoms with Crippen LogP contribution in [-0.4, -0.2) is 50.3 Å². The predicted octanol–water partition coefficient (Wildman–Crippen LogP) is 3.76. The predicted molar refractivity (Wildman–Crippen MR) is 110 cm³/mol. The molecule has 1 aliphatic rings. The molecule has 1 atom stereocenters. The van der Waals surface area contributed by atoms with Gasteiger partial charge in [0.25, 0.3) is 0 Å². The normalized spacial score (nSPS) is 15.4. The summed E-state index contributed by atoms with van der Waals surface area (Å²) in [5, 5.41) is 3.51. The molecule has 2 aromatic rings. The zero-order valence-corrected chi connectivity index (χ0v) is 17.1. The molecule has 0 saturated carbocycles. The van der Waals surface area contributed by atoms with Crippen molar-refractivity contribution in [3.05, 3.63) is 47.0 Å². The number of anilines is 1. The van der Waals surface area contributed by atoms with Gasteiger partial charge in [0.05, 0.1) is 19.3 Å². The molecule has 0 spiro atoms. The van der Waals surface area contributed by atoms with Gasteiger partial charge in [0.15, 0.2) is 11.5 Å². The van der Waals surface area contributed by atoms with Crippen molar-refractivity contribution in [2.75, 3.05) is 38.7 Å². The number of hydrogen-bond acceptors (Lipinski definition) is 5. The average molecular weight is 405 g/mol. The lowest BCUT2D eigenvalue weighted by Crippen LogP contribution is -2.43. The average Bonchev–Trinajstić information content (AvgIpc) is 2.69. The highest BCUT2D eigenvalue weighted by molar-refractivity contribution is 6.31. The van der Waals surface area contributed by atoms with Crippen molar-refractivity contribution in [1.29, 1.82) is 0 Å². The molecule has 0 fully saturated rings. The summed E-state index contributed by atoms with van der Waals surface area (Å²) >= 11 is 6.13. The monoisotopic (exact) mass is 404 g/mol. The molecule has 0 aliphatic carbocycles. The van der Waals surface area contributed by atoms with Gasteiger partial charge in [-0.2, -0.15) is 0 Å². The molecule has 0 saturated heterocycles. The van der Waals surface area contributed by atoms with Gasteiger partial charge in [-0.25, -0.2) is 0 Å². The van der Waals surface area contributed by atoms with Crippen molar-refractivity contribution in [2.45, 2.75) is 20.0 Å². The fraction of sp³-hybridized carbons (Fsp3) is 0.381. The minimum absolute atomic E-state index is 0.126. The van der Waals surface area contributed by atoms with E-state index in [1.54, 1.807) is 13.2 Å². The molecule has 1 N–H and O–H groups in total. The Kier molecular flexibility index (Phi) is 6.65. The van der Waals surface area contributed by atoms with E-state index in [1.165, 1.54) is 0 Å². The Morgan fingerprint density at radius 3 is 2.79 bits per heavy atom. The number of halogens is 1. The second-order valence-corrected chi connectivity index (χ2v) is 7.08. The van der Waals surface area contributed by atoms with Gasteiger partial charge in [-0.05, 0) is 37.2 Å². The number of rotatable bonds is 7. The summed E-state index contributed by atoms with van der Waals surface area (Å²) in [5.74, 6) is 1.90. The van der Waals surface area contributed by atoms with Gasteiger partial charge in [-0.3, -0.25) is 9.69 Å². The molecule has 28 heavy (non-hydrogen) atoms. The fourth-order valence-corrected chi connectivity index (χ4v) is 3.22. The highest BCUT2D eigenvalue weighted by Gasteiger charge is 2.23. The number of para-hydroxylation sites is 2. The van der Waals surface area contributed by atoms with Gasteiger partial charge in [0.2, 0.25) is 5.91 Å². The largest absolute Gasteiger partial charge is 0.495 e. The summed E-state index contributed by atoms with van der Waals surface area (Å²) < 4.78 is 17.1. The quantitative estimate of drug-likeness (QED) is 0.761. The molecule has 3 rings (SSSR count). The molecular formula is C21H25ClN2O4. The molecule has 2 aromatic carbocycles. The van der Waals surface area contributed by atoms with Crippen molar-refractivity contribution < 1.29 is 19.0 Å². The van der Waals surface area contributed by atoms with E-state index in [4.69, 9.17) is 25.8 Å². The van der Waals surface area contributed by atoms with Gasteiger partial charge in [0.1, 0.15) is 18.5 Å². The number of carbonyl (C=O) groups is 1. The molecule has 0 bridgehead atoms. The number of benzene rings is 2. The first-order chi connectivity index (χ1) is 13.5. The van der Waals surface area contributed by atoms with Crippen LogP contribution in [0.5, 0.6) is 17.2 Å². The van der Waals surface area contributed by atoms with E-state index < -0.39 is 0 Å². The summed E-state index contributed by atoms with van der Waals surface area (Å²) in [5.41, 5.74) is 1.48. The van der Waals surface area contributed by atoms with Crippen molar-refractivity contribution in [2.24, 2.45) is 0 Å². The number of methoxy groups -OCH3 is 1. The lowest BCUT2D eigenvalue weighted by Gasteiger charge is -2.30. The maximum Gasteiger partial charge on any atom is 0.238 e. The Hall–Kier alpha value is -2.44. The van der Waals surface area contributed by atoms with Gasteiger partial charge >= 0.3 is 0 Å². The Morgan fingerprint density at radius 2 is 2.07 bits per heavy atom. The number of carbonyl (C=O) groups excluding carboxylic acids is 1. The van der Waals surface area contributed by atoms with Crippen LogP contribution < -0.4 is 19.5 Å². The van der Waals surface area contributed by atoms with E-state index in [1.807, 2.05) is 49.1 Å². The van der Waals surface area contributed by atoms with E-state index in [0.717, 1.165) is 17.1 Å². The maximum absolute atomic E-state index is 12.6. The van der Waals surface area contributed by atoms with Crippen LogP contribution in [0.25, 0.3) is 0 Å². The molecule has 0 aromatic heterocycles. The zero-order chi connectivity index (χ0) is 20.1. The number of nitrogens with one attached hydrogen (secondary N) is 1.